The molecule has 1 fully saturated rings. The molecule has 0 spiro atoms. The fourth-order valence-electron chi connectivity index (χ4n) is 3.71. The predicted molar refractivity (Wildman–Crippen MR) is 116 cm³/mol. The molecule has 30 heavy (non-hydrogen) atoms. The van der Waals surface area contributed by atoms with Gasteiger partial charge < -0.3 is 23.9 Å². The molecule has 0 unspecified atom stereocenters. The summed E-state index contributed by atoms with van der Waals surface area (Å²) >= 11 is 0. The number of para-hydroxylation sites is 2. The van der Waals surface area contributed by atoms with Crippen LogP contribution < -0.4 is 9.64 Å². The lowest BCUT2D eigenvalue weighted by atomic mass is 10.2. The maximum atomic E-state index is 12.8. The molecule has 7 nitrogen and oxygen atoms in total. The third-order valence-corrected chi connectivity index (χ3v) is 5.36. The third-order valence-electron chi connectivity index (χ3n) is 5.36. The Kier molecular flexibility index (Phi) is 7.38. The second kappa shape index (κ2) is 10.2. The molecule has 0 aliphatic carbocycles. The maximum Gasteiger partial charge on any atom is 0.257 e. The third kappa shape index (κ3) is 5.14. The molecule has 0 atom stereocenters. The Morgan fingerprint density at radius 2 is 1.87 bits per heavy atom. The summed E-state index contributed by atoms with van der Waals surface area (Å²) in [5.74, 6) is 0.854. The average molecular weight is 414 g/mol. The zero-order chi connectivity index (χ0) is 21.5. The first-order valence-corrected chi connectivity index (χ1v) is 10.6. The SMILES string of the molecule is CCOc1ccccc1N1CCN(C(=O)CCN(C(=O)c2ccoc2)C(C)C)CC1. The van der Waals surface area contributed by atoms with E-state index in [1.165, 1.54) is 12.5 Å². The molecular weight excluding hydrogens is 382 g/mol. The lowest BCUT2D eigenvalue weighted by Crippen LogP contribution is -2.49. The topological polar surface area (TPSA) is 66.2 Å². The van der Waals surface area contributed by atoms with Crippen LogP contribution in [0, 0.1) is 0 Å². The number of hydrogen-bond donors (Lipinski definition) is 0. The van der Waals surface area contributed by atoms with Gasteiger partial charge in [0.25, 0.3) is 5.91 Å². The molecule has 0 N–H and O–H groups in total. The van der Waals surface area contributed by atoms with Crippen LogP contribution in [0.5, 0.6) is 5.75 Å². The number of ether oxygens (including phenoxy) is 1. The van der Waals surface area contributed by atoms with E-state index in [-0.39, 0.29) is 17.9 Å². The Balaban J connectivity index is 1.53. The van der Waals surface area contributed by atoms with Crippen LogP contribution in [-0.2, 0) is 4.79 Å². The van der Waals surface area contributed by atoms with E-state index in [0.717, 1.165) is 24.5 Å². The summed E-state index contributed by atoms with van der Waals surface area (Å²) < 4.78 is 10.8. The highest BCUT2D eigenvalue weighted by atomic mass is 16.5. The number of furan rings is 1. The molecule has 1 aromatic carbocycles. The molecule has 0 saturated carbocycles. The second-order valence-corrected chi connectivity index (χ2v) is 7.62. The van der Waals surface area contributed by atoms with Crippen LogP contribution in [0.2, 0.25) is 0 Å². The van der Waals surface area contributed by atoms with Gasteiger partial charge in [0, 0.05) is 45.2 Å². The van der Waals surface area contributed by atoms with Gasteiger partial charge in [0.1, 0.15) is 12.0 Å². The Bertz CT molecular complexity index is 827. The van der Waals surface area contributed by atoms with E-state index < -0.39 is 0 Å². The molecule has 0 bridgehead atoms. The molecule has 1 saturated heterocycles. The highest BCUT2D eigenvalue weighted by molar-refractivity contribution is 5.94. The summed E-state index contributed by atoms with van der Waals surface area (Å²) in [5, 5.41) is 0. The van der Waals surface area contributed by atoms with E-state index in [0.29, 0.717) is 38.2 Å². The largest absolute Gasteiger partial charge is 0.492 e. The molecule has 162 valence electrons. The van der Waals surface area contributed by atoms with Crippen molar-refractivity contribution in [2.45, 2.75) is 33.2 Å². The molecule has 1 aliphatic rings. The van der Waals surface area contributed by atoms with E-state index in [2.05, 4.69) is 11.0 Å². The zero-order valence-electron chi connectivity index (χ0n) is 18.0. The highest BCUT2D eigenvalue weighted by Crippen LogP contribution is 2.28. The van der Waals surface area contributed by atoms with Crippen molar-refractivity contribution in [1.82, 2.24) is 9.80 Å². The number of piperazine rings is 1. The summed E-state index contributed by atoms with van der Waals surface area (Å²) in [6.07, 6.45) is 3.25. The highest BCUT2D eigenvalue weighted by Gasteiger charge is 2.25. The molecule has 2 heterocycles. The van der Waals surface area contributed by atoms with Crippen molar-refractivity contribution >= 4 is 17.5 Å². The number of carbonyl (C=O) groups excluding carboxylic acids is 2. The minimum atomic E-state index is -0.107. The quantitative estimate of drug-likeness (QED) is 0.665. The van der Waals surface area contributed by atoms with Gasteiger partial charge in [0.15, 0.2) is 0 Å². The van der Waals surface area contributed by atoms with Crippen LogP contribution in [0.25, 0.3) is 0 Å². The molecule has 0 radical (unpaired) electrons. The lowest BCUT2D eigenvalue weighted by Gasteiger charge is -2.37. The van der Waals surface area contributed by atoms with Gasteiger partial charge in [-0.25, -0.2) is 0 Å². The lowest BCUT2D eigenvalue weighted by molar-refractivity contribution is -0.131. The predicted octanol–water partition coefficient (Wildman–Crippen LogP) is 3.27. The fraction of sp³-hybridized carbons (Fsp3) is 0.478. The minimum Gasteiger partial charge on any atom is -0.492 e. The monoisotopic (exact) mass is 413 g/mol. The van der Waals surface area contributed by atoms with Crippen LogP contribution in [0.3, 0.4) is 0 Å². The first-order valence-electron chi connectivity index (χ1n) is 10.6. The van der Waals surface area contributed by atoms with Crippen molar-refractivity contribution < 1.29 is 18.7 Å². The number of rotatable bonds is 8. The van der Waals surface area contributed by atoms with Gasteiger partial charge in [0.2, 0.25) is 5.91 Å². The molecule has 1 aliphatic heterocycles. The summed E-state index contributed by atoms with van der Waals surface area (Å²) in [6.45, 7) is 9.76. The van der Waals surface area contributed by atoms with Crippen molar-refractivity contribution in [2.24, 2.45) is 0 Å². The zero-order valence-corrected chi connectivity index (χ0v) is 18.0. The smallest absolute Gasteiger partial charge is 0.257 e. The van der Waals surface area contributed by atoms with Gasteiger partial charge in [-0.05, 0) is 39.0 Å². The molecular formula is C23H31N3O4. The maximum absolute atomic E-state index is 12.8. The average Bonchev–Trinajstić information content (AvgIpc) is 3.29. The van der Waals surface area contributed by atoms with Crippen molar-refractivity contribution in [3.63, 3.8) is 0 Å². The Labute approximate surface area is 178 Å². The van der Waals surface area contributed by atoms with Gasteiger partial charge in [0.05, 0.1) is 24.1 Å². The molecule has 7 heteroatoms. The van der Waals surface area contributed by atoms with Crippen molar-refractivity contribution in [2.75, 3.05) is 44.2 Å². The van der Waals surface area contributed by atoms with Crippen molar-refractivity contribution in [3.8, 4) is 5.75 Å². The summed E-state index contributed by atoms with van der Waals surface area (Å²) in [7, 11) is 0. The Morgan fingerprint density at radius 1 is 1.13 bits per heavy atom. The van der Waals surface area contributed by atoms with Crippen LogP contribution >= 0.6 is 0 Å². The first kappa shape index (κ1) is 21.7. The van der Waals surface area contributed by atoms with E-state index in [1.807, 2.05) is 43.9 Å². The first-order chi connectivity index (χ1) is 14.5. The normalized spacial score (nSPS) is 14.1. The van der Waals surface area contributed by atoms with Crippen LogP contribution in [0.15, 0.2) is 47.3 Å². The minimum absolute atomic E-state index is 0.00659. The van der Waals surface area contributed by atoms with Crippen LogP contribution in [0.4, 0.5) is 5.69 Å². The summed E-state index contributed by atoms with van der Waals surface area (Å²) in [4.78, 5) is 31.3. The summed E-state index contributed by atoms with van der Waals surface area (Å²) in [6, 6.07) is 9.68. The molecule has 2 aromatic rings. The van der Waals surface area contributed by atoms with E-state index >= 15 is 0 Å². The van der Waals surface area contributed by atoms with E-state index in [9.17, 15) is 9.59 Å². The second-order valence-electron chi connectivity index (χ2n) is 7.62. The van der Waals surface area contributed by atoms with E-state index in [1.54, 1.807) is 11.0 Å². The number of benzene rings is 1. The van der Waals surface area contributed by atoms with Gasteiger partial charge in [-0.3, -0.25) is 9.59 Å². The molecule has 3 rings (SSSR count). The molecule has 2 amide bonds. The Morgan fingerprint density at radius 3 is 2.50 bits per heavy atom. The molecule has 1 aromatic heterocycles. The number of anilines is 1. The fourth-order valence-corrected chi connectivity index (χ4v) is 3.71. The van der Waals surface area contributed by atoms with E-state index in [4.69, 9.17) is 9.15 Å². The Hall–Kier alpha value is -2.96. The number of nitrogens with zero attached hydrogens (tertiary/aromatic N) is 3. The summed E-state index contributed by atoms with van der Waals surface area (Å²) in [5.41, 5.74) is 1.58. The number of carbonyl (C=O) groups is 2. The van der Waals surface area contributed by atoms with Gasteiger partial charge in [-0.15, -0.1) is 0 Å². The number of hydrogen-bond acceptors (Lipinski definition) is 5. The van der Waals surface area contributed by atoms with Gasteiger partial charge in [-0.1, -0.05) is 12.1 Å². The van der Waals surface area contributed by atoms with Crippen molar-refractivity contribution in [1.29, 1.82) is 0 Å². The van der Waals surface area contributed by atoms with Crippen LogP contribution in [0.1, 0.15) is 37.6 Å². The number of amides is 2. The standard InChI is InChI=1S/C23H31N3O4/c1-4-30-21-8-6-5-7-20(21)24-12-14-25(15-13-24)22(27)9-11-26(18(2)3)23(28)19-10-16-29-17-19/h5-8,10,16-18H,4,9,11-15H2,1-3H3. The van der Waals surface area contributed by atoms with Crippen molar-refractivity contribution in [3.05, 3.63) is 48.4 Å². The van der Waals surface area contributed by atoms with Gasteiger partial charge in [-0.2, -0.15) is 0 Å². The van der Waals surface area contributed by atoms with Gasteiger partial charge >= 0.3 is 0 Å². The van der Waals surface area contributed by atoms with Crippen LogP contribution in [-0.4, -0.2) is 67.0 Å².